The van der Waals surface area contributed by atoms with Crippen molar-refractivity contribution in [3.63, 3.8) is 0 Å². The molecule has 2 aliphatic heterocycles. The molecule has 2 fully saturated rings. The summed E-state index contributed by atoms with van der Waals surface area (Å²) in [6.45, 7) is 5.18. The zero-order valence-corrected chi connectivity index (χ0v) is 13.1. The van der Waals surface area contributed by atoms with E-state index in [0.29, 0.717) is 12.6 Å². The van der Waals surface area contributed by atoms with Gasteiger partial charge in [-0.15, -0.1) is 0 Å². The summed E-state index contributed by atoms with van der Waals surface area (Å²) in [7, 11) is 1.69. The monoisotopic (exact) mass is 290 g/mol. The Bertz CT molecular complexity index is 478. The summed E-state index contributed by atoms with van der Waals surface area (Å²) in [5, 5.41) is 3.68. The Kier molecular flexibility index (Phi) is 4.54. The van der Waals surface area contributed by atoms with Crippen molar-refractivity contribution in [3.05, 3.63) is 18.2 Å². The fourth-order valence-electron chi connectivity index (χ4n) is 3.62. The number of anilines is 1. The fourth-order valence-corrected chi connectivity index (χ4v) is 3.62. The van der Waals surface area contributed by atoms with Gasteiger partial charge >= 0.3 is 0 Å². The van der Waals surface area contributed by atoms with E-state index < -0.39 is 0 Å². The first-order valence-corrected chi connectivity index (χ1v) is 8.11. The Labute approximate surface area is 127 Å². The van der Waals surface area contributed by atoms with Crippen LogP contribution in [0.1, 0.15) is 32.6 Å². The number of hydrogen-bond acceptors (Lipinski definition) is 4. The van der Waals surface area contributed by atoms with Crippen LogP contribution in [0, 0.1) is 0 Å². The number of fused-ring (bicyclic) bond motifs is 1. The van der Waals surface area contributed by atoms with E-state index in [1.807, 2.05) is 19.1 Å². The van der Waals surface area contributed by atoms with Crippen LogP contribution >= 0.6 is 0 Å². The van der Waals surface area contributed by atoms with Gasteiger partial charge in [-0.3, -0.25) is 0 Å². The molecule has 2 unspecified atom stereocenters. The third-order valence-electron chi connectivity index (χ3n) is 4.65. The quantitative estimate of drug-likeness (QED) is 0.903. The van der Waals surface area contributed by atoms with Gasteiger partial charge < -0.3 is 19.7 Å². The number of nitrogens with one attached hydrogen (secondary N) is 1. The molecule has 4 nitrogen and oxygen atoms in total. The van der Waals surface area contributed by atoms with Crippen molar-refractivity contribution in [2.24, 2.45) is 0 Å². The van der Waals surface area contributed by atoms with Crippen LogP contribution in [0.25, 0.3) is 0 Å². The van der Waals surface area contributed by atoms with E-state index in [2.05, 4.69) is 16.3 Å². The van der Waals surface area contributed by atoms with Gasteiger partial charge in [0.15, 0.2) is 11.5 Å². The lowest BCUT2D eigenvalue weighted by atomic mass is 9.97. The summed E-state index contributed by atoms with van der Waals surface area (Å²) in [4.78, 5) is 2.65. The minimum Gasteiger partial charge on any atom is -0.493 e. The van der Waals surface area contributed by atoms with Gasteiger partial charge in [-0.25, -0.2) is 0 Å². The Balaban J connectivity index is 1.64. The highest BCUT2D eigenvalue weighted by Gasteiger charge is 2.31. The van der Waals surface area contributed by atoms with Crippen molar-refractivity contribution in [1.29, 1.82) is 0 Å². The summed E-state index contributed by atoms with van der Waals surface area (Å²) in [5.74, 6) is 1.62. The fraction of sp³-hybridized carbons (Fsp3) is 0.647. The average Bonchev–Trinajstić information content (AvgIpc) is 2.96. The Morgan fingerprint density at radius 1 is 1.24 bits per heavy atom. The number of methoxy groups -OCH3 is 1. The van der Waals surface area contributed by atoms with Crippen LogP contribution in [0.4, 0.5) is 5.69 Å². The van der Waals surface area contributed by atoms with E-state index in [-0.39, 0.29) is 0 Å². The van der Waals surface area contributed by atoms with Gasteiger partial charge in [-0.1, -0.05) is 0 Å². The normalized spacial score (nSPS) is 25.4. The van der Waals surface area contributed by atoms with Crippen molar-refractivity contribution in [3.8, 4) is 11.5 Å². The standard InChI is InChI=1S/C17H26N2O2/c1-3-21-16-7-6-13(12-17(16)20-2)18-14-8-10-19-9-4-5-15(19)11-14/h6-7,12,14-15,18H,3-5,8-11H2,1-2H3. The lowest BCUT2D eigenvalue weighted by Gasteiger charge is -2.35. The van der Waals surface area contributed by atoms with E-state index in [9.17, 15) is 0 Å². The lowest BCUT2D eigenvalue weighted by molar-refractivity contribution is 0.188. The van der Waals surface area contributed by atoms with Crippen molar-refractivity contribution in [2.75, 3.05) is 32.1 Å². The zero-order chi connectivity index (χ0) is 14.7. The van der Waals surface area contributed by atoms with Gasteiger partial charge in [-0.2, -0.15) is 0 Å². The molecule has 1 aromatic rings. The molecule has 2 saturated heterocycles. The van der Waals surface area contributed by atoms with Crippen molar-refractivity contribution in [1.82, 2.24) is 4.90 Å². The second-order valence-electron chi connectivity index (χ2n) is 6.00. The van der Waals surface area contributed by atoms with E-state index in [1.165, 1.54) is 38.8 Å². The van der Waals surface area contributed by atoms with Crippen molar-refractivity contribution < 1.29 is 9.47 Å². The largest absolute Gasteiger partial charge is 0.493 e. The second-order valence-corrected chi connectivity index (χ2v) is 6.00. The van der Waals surface area contributed by atoms with Crippen LogP contribution < -0.4 is 14.8 Å². The van der Waals surface area contributed by atoms with Crippen LogP contribution in [0.5, 0.6) is 11.5 Å². The molecule has 0 spiro atoms. The van der Waals surface area contributed by atoms with Crippen molar-refractivity contribution >= 4 is 5.69 Å². The molecule has 0 saturated carbocycles. The minimum atomic E-state index is 0.576. The molecular weight excluding hydrogens is 264 g/mol. The van der Waals surface area contributed by atoms with E-state index in [1.54, 1.807) is 7.11 Å². The SMILES string of the molecule is CCOc1ccc(NC2CCN3CCCC3C2)cc1OC. The molecule has 0 bridgehead atoms. The maximum atomic E-state index is 5.57. The van der Waals surface area contributed by atoms with Crippen LogP contribution in [0.2, 0.25) is 0 Å². The molecule has 0 aromatic heterocycles. The van der Waals surface area contributed by atoms with Crippen LogP contribution in [-0.2, 0) is 0 Å². The molecule has 3 rings (SSSR count). The summed E-state index contributed by atoms with van der Waals surface area (Å²) < 4.78 is 11.0. The molecule has 0 aliphatic carbocycles. The van der Waals surface area contributed by atoms with Gasteiger partial charge in [0.25, 0.3) is 0 Å². The van der Waals surface area contributed by atoms with Gasteiger partial charge in [0.1, 0.15) is 0 Å². The second kappa shape index (κ2) is 6.56. The molecule has 0 radical (unpaired) electrons. The molecule has 1 aromatic carbocycles. The Morgan fingerprint density at radius 3 is 2.95 bits per heavy atom. The molecule has 21 heavy (non-hydrogen) atoms. The van der Waals surface area contributed by atoms with E-state index >= 15 is 0 Å². The summed E-state index contributed by atoms with van der Waals surface area (Å²) >= 11 is 0. The van der Waals surface area contributed by atoms with Crippen LogP contribution in [0.3, 0.4) is 0 Å². The topological polar surface area (TPSA) is 33.7 Å². The highest BCUT2D eigenvalue weighted by atomic mass is 16.5. The van der Waals surface area contributed by atoms with Gasteiger partial charge in [-0.05, 0) is 51.3 Å². The molecule has 1 N–H and O–H groups in total. The maximum absolute atomic E-state index is 5.57. The summed E-state index contributed by atoms with van der Waals surface area (Å²) in [6, 6.07) is 7.50. The first-order chi connectivity index (χ1) is 10.3. The van der Waals surface area contributed by atoms with Crippen LogP contribution in [-0.4, -0.2) is 43.8 Å². The number of piperidine rings is 1. The minimum absolute atomic E-state index is 0.576. The molecule has 2 aliphatic rings. The molecule has 4 heteroatoms. The number of benzene rings is 1. The first kappa shape index (κ1) is 14.5. The van der Waals surface area contributed by atoms with Gasteiger partial charge in [0, 0.05) is 30.4 Å². The smallest absolute Gasteiger partial charge is 0.162 e. The van der Waals surface area contributed by atoms with Crippen LogP contribution in [0.15, 0.2) is 18.2 Å². The molecule has 0 amide bonds. The van der Waals surface area contributed by atoms with Gasteiger partial charge in [0.05, 0.1) is 13.7 Å². The zero-order valence-electron chi connectivity index (χ0n) is 13.1. The first-order valence-electron chi connectivity index (χ1n) is 8.11. The number of hydrogen-bond donors (Lipinski definition) is 1. The summed E-state index contributed by atoms with van der Waals surface area (Å²) in [6.07, 6.45) is 5.22. The Morgan fingerprint density at radius 2 is 2.14 bits per heavy atom. The average molecular weight is 290 g/mol. The third kappa shape index (κ3) is 3.26. The third-order valence-corrected chi connectivity index (χ3v) is 4.65. The van der Waals surface area contributed by atoms with E-state index in [0.717, 1.165) is 23.2 Å². The highest BCUT2D eigenvalue weighted by Crippen LogP contribution is 2.32. The summed E-state index contributed by atoms with van der Waals surface area (Å²) in [5.41, 5.74) is 1.13. The molecule has 2 heterocycles. The van der Waals surface area contributed by atoms with E-state index in [4.69, 9.17) is 9.47 Å². The van der Waals surface area contributed by atoms with Gasteiger partial charge in [0.2, 0.25) is 0 Å². The Hall–Kier alpha value is -1.42. The lowest BCUT2D eigenvalue weighted by Crippen LogP contribution is -2.42. The maximum Gasteiger partial charge on any atom is 0.162 e. The molecule has 116 valence electrons. The number of nitrogens with zero attached hydrogens (tertiary/aromatic N) is 1. The predicted octanol–water partition coefficient (Wildman–Crippen LogP) is 3.13. The highest BCUT2D eigenvalue weighted by molar-refractivity contribution is 5.55. The number of rotatable bonds is 5. The predicted molar refractivity (Wildman–Crippen MR) is 85.4 cm³/mol. The molecular formula is C17H26N2O2. The molecule has 2 atom stereocenters. The van der Waals surface area contributed by atoms with Crippen molar-refractivity contribution in [2.45, 2.75) is 44.7 Å². The number of ether oxygens (including phenoxy) is 2.